The van der Waals surface area contributed by atoms with Crippen LogP contribution in [0.2, 0.25) is 0 Å². The van der Waals surface area contributed by atoms with E-state index in [0.29, 0.717) is 19.4 Å². The smallest absolute Gasteiger partial charge is 0.314 e. The molecule has 5 nitrogen and oxygen atoms in total. The molecule has 1 heterocycles. The Kier molecular flexibility index (Phi) is 5.00. The number of carboxylic acids is 1. The van der Waals surface area contributed by atoms with Gasteiger partial charge in [0.15, 0.2) is 0 Å². The molecule has 1 aliphatic rings. The molecule has 0 saturated heterocycles. The van der Waals surface area contributed by atoms with Crippen molar-refractivity contribution in [3.8, 4) is 0 Å². The Bertz CT molecular complexity index is 453. The second-order valence-electron chi connectivity index (χ2n) is 5.23. The lowest BCUT2D eigenvalue weighted by atomic mass is 9.86. The number of amides is 2. The Balaban J connectivity index is 1.70. The molecule has 6 heteroatoms. The molecule has 3 N–H and O–H groups in total. The standard InChI is InChI=1S/C14H20N2O3S/c17-12(18)14(6-1-2-7-14)10-16-13(19)15-8-5-11-4-3-9-20-11/h3-4,9H,1-2,5-8,10H2,(H,17,18)(H2,15,16,19). The quantitative estimate of drug-likeness (QED) is 0.753. The van der Waals surface area contributed by atoms with Crippen molar-refractivity contribution in [3.05, 3.63) is 22.4 Å². The third kappa shape index (κ3) is 3.72. The second-order valence-corrected chi connectivity index (χ2v) is 6.26. The number of carboxylic acid groups (broad SMARTS) is 1. The topological polar surface area (TPSA) is 78.4 Å². The summed E-state index contributed by atoms with van der Waals surface area (Å²) < 4.78 is 0. The molecule has 2 amide bonds. The molecule has 0 aromatic carbocycles. The molecule has 2 rings (SSSR count). The van der Waals surface area contributed by atoms with Crippen LogP contribution in [0.25, 0.3) is 0 Å². The Morgan fingerprint density at radius 2 is 2.05 bits per heavy atom. The molecule has 0 radical (unpaired) electrons. The fourth-order valence-electron chi connectivity index (χ4n) is 2.58. The van der Waals surface area contributed by atoms with E-state index in [1.165, 1.54) is 4.88 Å². The third-order valence-electron chi connectivity index (χ3n) is 3.84. The van der Waals surface area contributed by atoms with Crippen molar-refractivity contribution >= 4 is 23.3 Å². The molecule has 20 heavy (non-hydrogen) atoms. The van der Waals surface area contributed by atoms with Crippen molar-refractivity contribution in [1.29, 1.82) is 0 Å². The molecular formula is C14H20N2O3S. The van der Waals surface area contributed by atoms with Crippen LogP contribution in [0.5, 0.6) is 0 Å². The van der Waals surface area contributed by atoms with E-state index in [1.807, 2.05) is 17.5 Å². The third-order valence-corrected chi connectivity index (χ3v) is 4.77. The van der Waals surface area contributed by atoms with E-state index in [-0.39, 0.29) is 12.6 Å². The number of hydrogen-bond acceptors (Lipinski definition) is 3. The Morgan fingerprint density at radius 3 is 2.65 bits per heavy atom. The lowest BCUT2D eigenvalue weighted by molar-refractivity contribution is -0.148. The highest BCUT2D eigenvalue weighted by Crippen LogP contribution is 2.37. The number of urea groups is 1. The van der Waals surface area contributed by atoms with Crippen LogP contribution in [-0.2, 0) is 11.2 Å². The van der Waals surface area contributed by atoms with Gasteiger partial charge in [0, 0.05) is 18.0 Å². The molecule has 1 saturated carbocycles. The predicted octanol–water partition coefficient (Wildman–Crippen LogP) is 2.23. The van der Waals surface area contributed by atoms with Crippen molar-refractivity contribution in [3.63, 3.8) is 0 Å². The first-order chi connectivity index (χ1) is 9.62. The fraction of sp³-hybridized carbons (Fsp3) is 0.571. The normalized spacial score (nSPS) is 16.8. The van der Waals surface area contributed by atoms with Gasteiger partial charge < -0.3 is 15.7 Å². The summed E-state index contributed by atoms with van der Waals surface area (Å²) in [5, 5.41) is 16.8. The van der Waals surface area contributed by atoms with Crippen LogP contribution in [0, 0.1) is 5.41 Å². The monoisotopic (exact) mass is 296 g/mol. The highest BCUT2D eigenvalue weighted by Gasteiger charge is 2.41. The summed E-state index contributed by atoms with van der Waals surface area (Å²) in [6, 6.07) is 3.73. The van der Waals surface area contributed by atoms with Gasteiger partial charge >= 0.3 is 12.0 Å². The number of hydrogen-bond donors (Lipinski definition) is 3. The number of carbonyl (C=O) groups is 2. The molecule has 1 aromatic heterocycles. The van der Waals surface area contributed by atoms with Crippen LogP contribution in [0.15, 0.2) is 17.5 Å². The average molecular weight is 296 g/mol. The Morgan fingerprint density at radius 1 is 1.30 bits per heavy atom. The van der Waals surface area contributed by atoms with E-state index < -0.39 is 11.4 Å². The van der Waals surface area contributed by atoms with Gasteiger partial charge in [0.05, 0.1) is 5.41 Å². The summed E-state index contributed by atoms with van der Waals surface area (Å²) in [5.74, 6) is -0.797. The minimum absolute atomic E-state index is 0.215. The average Bonchev–Trinajstić information content (AvgIpc) is 3.08. The SMILES string of the molecule is O=C(NCCc1cccs1)NCC1(C(=O)O)CCCC1. The summed E-state index contributed by atoms with van der Waals surface area (Å²) in [5.41, 5.74) is -0.759. The molecule has 110 valence electrons. The number of thiophene rings is 1. The first kappa shape index (κ1) is 14.8. The van der Waals surface area contributed by atoms with Gasteiger partial charge in [0.25, 0.3) is 0 Å². The molecule has 0 aliphatic heterocycles. The minimum atomic E-state index is -0.797. The maximum absolute atomic E-state index is 11.7. The number of nitrogens with one attached hydrogen (secondary N) is 2. The summed E-state index contributed by atoms with van der Waals surface area (Å²) in [7, 11) is 0. The highest BCUT2D eigenvalue weighted by molar-refractivity contribution is 7.09. The number of aliphatic carboxylic acids is 1. The van der Waals surface area contributed by atoms with Gasteiger partial charge in [-0.25, -0.2) is 4.79 Å². The van der Waals surface area contributed by atoms with Crippen molar-refractivity contribution in [2.24, 2.45) is 5.41 Å². The van der Waals surface area contributed by atoms with E-state index in [0.717, 1.165) is 19.3 Å². The van der Waals surface area contributed by atoms with Gasteiger partial charge in [-0.05, 0) is 30.7 Å². The van der Waals surface area contributed by atoms with Gasteiger partial charge in [0.1, 0.15) is 0 Å². The highest BCUT2D eigenvalue weighted by atomic mass is 32.1. The first-order valence-corrected chi connectivity index (χ1v) is 7.78. The zero-order valence-corrected chi connectivity index (χ0v) is 12.2. The second kappa shape index (κ2) is 6.74. The van der Waals surface area contributed by atoms with Gasteiger partial charge in [0.2, 0.25) is 0 Å². The van der Waals surface area contributed by atoms with Crippen LogP contribution >= 0.6 is 11.3 Å². The van der Waals surface area contributed by atoms with Crippen molar-refractivity contribution in [2.45, 2.75) is 32.1 Å². The number of rotatable bonds is 6. The molecule has 1 fully saturated rings. The largest absolute Gasteiger partial charge is 0.481 e. The first-order valence-electron chi connectivity index (χ1n) is 6.90. The van der Waals surface area contributed by atoms with E-state index >= 15 is 0 Å². The van der Waals surface area contributed by atoms with Crippen LogP contribution < -0.4 is 10.6 Å². The molecular weight excluding hydrogens is 276 g/mol. The molecule has 0 atom stereocenters. The minimum Gasteiger partial charge on any atom is -0.481 e. The predicted molar refractivity (Wildman–Crippen MR) is 78.0 cm³/mol. The van der Waals surface area contributed by atoms with Crippen LogP contribution in [-0.4, -0.2) is 30.2 Å². The molecule has 1 aromatic rings. The summed E-state index contributed by atoms with van der Waals surface area (Å²) in [6.45, 7) is 0.777. The van der Waals surface area contributed by atoms with Crippen LogP contribution in [0.4, 0.5) is 4.79 Å². The zero-order chi connectivity index (χ0) is 14.4. The Hall–Kier alpha value is -1.56. The number of carbonyl (C=O) groups excluding carboxylic acids is 1. The van der Waals surface area contributed by atoms with Gasteiger partial charge in [-0.15, -0.1) is 11.3 Å². The maximum atomic E-state index is 11.7. The summed E-state index contributed by atoms with van der Waals surface area (Å²) in [4.78, 5) is 24.2. The van der Waals surface area contributed by atoms with E-state index in [2.05, 4.69) is 10.6 Å². The van der Waals surface area contributed by atoms with Gasteiger partial charge in [-0.3, -0.25) is 4.79 Å². The van der Waals surface area contributed by atoms with E-state index in [9.17, 15) is 14.7 Å². The van der Waals surface area contributed by atoms with Crippen LogP contribution in [0.3, 0.4) is 0 Å². The van der Waals surface area contributed by atoms with E-state index in [4.69, 9.17) is 0 Å². The maximum Gasteiger partial charge on any atom is 0.314 e. The van der Waals surface area contributed by atoms with Gasteiger partial charge in [-0.1, -0.05) is 18.9 Å². The van der Waals surface area contributed by atoms with E-state index in [1.54, 1.807) is 11.3 Å². The Labute approximate surface area is 122 Å². The van der Waals surface area contributed by atoms with Gasteiger partial charge in [-0.2, -0.15) is 0 Å². The van der Waals surface area contributed by atoms with Crippen LogP contribution in [0.1, 0.15) is 30.6 Å². The van der Waals surface area contributed by atoms with Crippen molar-refractivity contribution < 1.29 is 14.7 Å². The molecule has 0 bridgehead atoms. The molecule has 0 spiro atoms. The molecule has 1 aliphatic carbocycles. The lowest BCUT2D eigenvalue weighted by Crippen LogP contribution is -2.45. The van der Waals surface area contributed by atoms with Crippen molar-refractivity contribution in [2.75, 3.05) is 13.1 Å². The zero-order valence-electron chi connectivity index (χ0n) is 11.4. The fourth-order valence-corrected chi connectivity index (χ4v) is 3.29. The van der Waals surface area contributed by atoms with Crippen molar-refractivity contribution in [1.82, 2.24) is 10.6 Å². The summed E-state index contributed by atoms with van der Waals surface area (Å²) in [6.07, 6.45) is 3.95. The lowest BCUT2D eigenvalue weighted by Gasteiger charge is -2.23. The summed E-state index contributed by atoms with van der Waals surface area (Å²) >= 11 is 1.66. The molecule has 0 unspecified atom stereocenters.